The number of alkyl halides is 1. The minimum absolute atomic E-state index is 0.00765. The van der Waals surface area contributed by atoms with E-state index in [1.54, 1.807) is 0 Å². The number of ether oxygens (including phenoxy) is 1. The molecule has 0 aliphatic carbocycles. The van der Waals surface area contributed by atoms with Crippen molar-refractivity contribution in [2.24, 2.45) is 0 Å². The van der Waals surface area contributed by atoms with Gasteiger partial charge in [0.2, 0.25) is 5.91 Å². The maximum atomic E-state index is 12.5. The second-order valence-corrected chi connectivity index (χ2v) is 8.73. The number of halogens is 1. The molecule has 0 N–H and O–H groups in total. The molecule has 132 valence electrons. The molecular weight excluding hydrogens is 366 g/mol. The molecule has 0 spiro atoms. The van der Waals surface area contributed by atoms with Crippen molar-refractivity contribution in [1.82, 2.24) is 4.90 Å². The average molecular weight is 380 g/mol. The molecule has 1 amide bonds. The van der Waals surface area contributed by atoms with E-state index in [4.69, 9.17) is 20.8 Å². The van der Waals surface area contributed by atoms with Gasteiger partial charge in [-0.3, -0.25) is 4.79 Å². The lowest BCUT2D eigenvalue weighted by Crippen LogP contribution is -2.58. The molecule has 2 fully saturated rings. The van der Waals surface area contributed by atoms with Gasteiger partial charge >= 0.3 is 11.8 Å². The summed E-state index contributed by atoms with van der Waals surface area (Å²) < 4.78 is 37.8. The summed E-state index contributed by atoms with van der Waals surface area (Å²) in [6, 6.07) is -1.34. The van der Waals surface area contributed by atoms with Crippen molar-refractivity contribution >= 4 is 33.3 Å². The number of fused-ring (bicyclic) bond motifs is 1. The largest absolute Gasteiger partial charge is 0.519 e. The number of amides is 1. The van der Waals surface area contributed by atoms with Crippen molar-refractivity contribution in [2.75, 3.05) is 5.88 Å². The van der Waals surface area contributed by atoms with Crippen LogP contribution in [0.1, 0.15) is 24.9 Å². The molecule has 3 rings (SSSR count). The Morgan fingerprint density at radius 1 is 1.42 bits per heavy atom. The molecule has 24 heavy (non-hydrogen) atoms. The highest BCUT2D eigenvalue weighted by molar-refractivity contribution is 7.94. The van der Waals surface area contributed by atoms with Gasteiger partial charge in [-0.1, -0.05) is 0 Å². The van der Waals surface area contributed by atoms with E-state index in [2.05, 4.69) is 4.42 Å². The molecule has 0 aromatic carbocycles. The number of carbonyl (C=O) groups excluding carboxylic acids is 2. The third-order valence-electron chi connectivity index (χ3n) is 4.48. The van der Waals surface area contributed by atoms with Crippen LogP contribution < -0.4 is 5.82 Å². The van der Waals surface area contributed by atoms with E-state index in [-0.39, 0.29) is 23.8 Å². The number of esters is 1. The fourth-order valence-electron chi connectivity index (χ4n) is 2.97. The van der Waals surface area contributed by atoms with Crippen LogP contribution in [-0.2, 0) is 30.8 Å². The minimum atomic E-state index is -3.81. The van der Waals surface area contributed by atoms with Crippen LogP contribution in [0.3, 0.4) is 0 Å². The third kappa shape index (κ3) is 2.12. The molecule has 2 saturated heterocycles. The lowest BCUT2D eigenvalue weighted by Gasteiger charge is -2.36. The molecule has 1 aromatic heterocycles. The Bertz CT molecular complexity index is 871. The molecule has 0 unspecified atom stereocenters. The van der Waals surface area contributed by atoms with Crippen LogP contribution in [-0.4, -0.2) is 47.2 Å². The SMILES string of the molecule is Cc1oc(=O)oc1COC(=O)[C@@H]1N2C(=O)C[C@H]2S(=O)(=O)[C@@]1(C)CCl. The molecule has 2 aliphatic rings. The molecule has 2 aliphatic heterocycles. The summed E-state index contributed by atoms with van der Waals surface area (Å²) in [6.07, 6.45) is -0.172. The summed E-state index contributed by atoms with van der Waals surface area (Å²) in [5.41, 5.74) is 0. The summed E-state index contributed by atoms with van der Waals surface area (Å²) >= 11 is 5.82. The lowest BCUT2D eigenvalue weighted by molar-refractivity contribution is -0.162. The van der Waals surface area contributed by atoms with Crippen LogP contribution in [0.2, 0.25) is 0 Å². The highest BCUT2D eigenvalue weighted by atomic mass is 35.5. The van der Waals surface area contributed by atoms with E-state index >= 15 is 0 Å². The summed E-state index contributed by atoms with van der Waals surface area (Å²) in [7, 11) is -3.81. The number of sulfone groups is 1. The molecule has 0 bridgehead atoms. The monoisotopic (exact) mass is 379 g/mol. The van der Waals surface area contributed by atoms with Crippen LogP contribution in [0.5, 0.6) is 0 Å². The molecule has 3 heterocycles. The molecular formula is C13H14ClNO8S. The first-order valence-electron chi connectivity index (χ1n) is 7.00. The Morgan fingerprint density at radius 3 is 2.58 bits per heavy atom. The van der Waals surface area contributed by atoms with Gasteiger partial charge in [-0.15, -0.1) is 11.6 Å². The normalized spacial score (nSPS) is 30.8. The molecule has 9 nitrogen and oxygen atoms in total. The maximum absolute atomic E-state index is 12.5. The van der Waals surface area contributed by atoms with Gasteiger partial charge in [0.15, 0.2) is 34.0 Å². The summed E-state index contributed by atoms with van der Waals surface area (Å²) in [6.45, 7) is 2.35. The van der Waals surface area contributed by atoms with Crippen LogP contribution in [0.15, 0.2) is 13.6 Å². The van der Waals surface area contributed by atoms with E-state index in [0.717, 1.165) is 4.90 Å². The Balaban J connectivity index is 1.86. The topological polar surface area (TPSA) is 124 Å². The van der Waals surface area contributed by atoms with Crippen molar-refractivity contribution in [3.63, 3.8) is 0 Å². The summed E-state index contributed by atoms with van der Waals surface area (Å²) in [5.74, 6) is -2.54. The van der Waals surface area contributed by atoms with E-state index in [9.17, 15) is 22.8 Å². The molecule has 3 atom stereocenters. The number of hydrogen-bond donors (Lipinski definition) is 0. The van der Waals surface area contributed by atoms with E-state index in [0.29, 0.717) is 0 Å². The lowest BCUT2D eigenvalue weighted by atomic mass is 9.98. The maximum Gasteiger partial charge on any atom is 0.519 e. The van der Waals surface area contributed by atoms with E-state index < -0.39 is 50.3 Å². The van der Waals surface area contributed by atoms with E-state index in [1.165, 1.54) is 13.8 Å². The van der Waals surface area contributed by atoms with Gasteiger partial charge in [0.05, 0.1) is 6.42 Å². The Kier molecular flexibility index (Phi) is 3.79. The van der Waals surface area contributed by atoms with Crippen LogP contribution in [0.4, 0.5) is 0 Å². The van der Waals surface area contributed by atoms with Gasteiger partial charge in [-0.05, 0) is 13.8 Å². The highest BCUT2D eigenvalue weighted by Gasteiger charge is 2.69. The number of rotatable bonds is 4. The smallest absolute Gasteiger partial charge is 0.456 e. The van der Waals surface area contributed by atoms with Crippen LogP contribution in [0, 0.1) is 6.92 Å². The third-order valence-corrected chi connectivity index (χ3v) is 7.97. The van der Waals surface area contributed by atoms with Crippen LogP contribution in [0.25, 0.3) is 0 Å². The summed E-state index contributed by atoms with van der Waals surface area (Å²) in [5, 5.41) is -1.06. The average Bonchev–Trinajstić information content (AvgIpc) is 2.89. The first kappa shape index (κ1) is 17.0. The van der Waals surface area contributed by atoms with Gasteiger partial charge in [0.25, 0.3) is 0 Å². The Morgan fingerprint density at radius 2 is 2.08 bits per heavy atom. The van der Waals surface area contributed by atoms with Gasteiger partial charge in [-0.25, -0.2) is 18.0 Å². The second kappa shape index (κ2) is 5.35. The minimum Gasteiger partial charge on any atom is -0.456 e. The fraction of sp³-hybridized carbons (Fsp3) is 0.615. The first-order chi connectivity index (χ1) is 11.1. The zero-order valence-electron chi connectivity index (χ0n) is 12.8. The van der Waals surface area contributed by atoms with Crippen molar-refractivity contribution in [3.05, 3.63) is 22.1 Å². The number of aryl methyl sites for hydroxylation is 1. The Hall–Kier alpha value is -1.81. The van der Waals surface area contributed by atoms with Crippen LogP contribution >= 0.6 is 11.6 Å². The quantitative estimate of drug-likeness (QED) is 0.404. The first-order valence-corrected chi connectivity index (χ1v) is 9.08. The van der Waals surface area contributed by atoms with E-state index in [1.807, 2.05) is 0 Å². The van der Waals surface area contributed by atoms with Gasteiger partial charge in [0.1, 0.15) is 10.1 Å². The number of carbonyl (C=O) groups is 2. The molecule has 11 heteroatoms. The zero-order valence-corrected chi connectivity index (χ0v) is 14.3. The number of β-lactam (4-membered cyclic amide) rings is 1. The fourth-order valence-corrected chi connectivity index (χ4v) is 5.76. The molecule has 1 aromatic rings. The zero-order chi connectivity index (χ0) is 17.9. The predicted octanol–water partition coefficient (Wildman–Crippen LogP) is -0.0627. The molecule has 0 saturated carbocycles. The van der Waals surface area contributed by atoms with Crippen molar-refractivity contribution < 1.29 is 31.6 Å². The van der Waals surface area contributed by atoms with Crippen molar-refractivity contribution in [3.8, 4) is 0 Å². The number of nitrogens with zero attached hydrogens (tertiary/aromatic N) is 1. The number of hydrogen-bond acceptors (Lipinski definition) is 8. The summed E-state index contributed by atoms with van der Waals surface area (Å²) in [4.78, 5) is 36.2. The van der Waals surface area contributed by atoms with Gasteiger partial charge in [-0.2, -0.15) is 0 Å². The van der Waals surface area contributed by atoms with Crippen molar-refractivity contribution in [1.29, 1.82) is 0 Å². The van der Waals surface area contributed by atoms with Gasteiger partial charge in [0, 0.05) is 5.88 Å². The second-order valence-electron chi connectivity index (χ2n) is 5.89. The predicted molar refractivity (Wildman–Crippen MR) is 78.9 cm³/mol. The van der Waals surface area contributed by atoms with Gasteiger partial charge < -0.3 is 18.5 Å². The van der Waals surface area contributed by atoms with Crippen molar-refractivity contribution in [2.45, 2.75) is 43.0 Å². The standard InChI is InChI=1S/C13H14ClNO8S/c1-6-7(23-12(18)22-6)4-21-11(17)10-13(2,5-14)24(19,20)9-3-8(16)15(9)10/h9-10H,3-5H2,1-2H3/t9-,10+,13+/m1/s1. The Labute approximate surface area is 141 Å². The highest BCUT2D eigenvalue weighted by Crippen LogP contribution is 2.46. The molecule has 0 radical (unpaired) electrons.